The molecule has 1 aliphatic carbocycles. The van der Waals surface area contributed by atoms with Gasteiger partial charge in [0.05, 0.1) is 12.3 Å². The Kier molecular flexibility index (Phi) is 5.79. The normalized spacial score (nSPS) is 28.0. The molecule has 2 aliphatic rings. The van der Waals surface area contributed by atoms with E-state index < -0.39 is 38.5 Å². The standard InChI is InChI=1S/C15H21ClN5O7P/c16-10-4-8(17-7-2-1-3-7)11-14(18-10)21(20-19-11)15-13(23)12(22)9(28-15)5-27-6-29(24,25)26/h4,7,9,12-13,15,22-23H,1-3,5-6H2,(H,17,18)(H2,24,25,26)/t9?,12-,13-,15-/m1/s1. The minimum Gasteiger partial charge on any atom is -0.387 e. The Labute approximate surface area is 169 Å². The molecule has 1 aliphatic heterocycles. The van der Waals surface area contributed by atoms with Crippen LogP contribution in [0.3, 0.4) is 0 Å². The summed E-state index contributed by atoms with van der Waals surface area (Å²) in [7, 11) is -4.36. The predicted octanol–water partition coefficient (Wildman–Crippen LogP) is 0.215. The zero-order valence-corrected chi connectivity index (χ0v) is 16.8. The van der Waals surface area contributed by atoms with Gasteiger partial charge in [-0.05, 0) is 19.3 Å². The van der Waals surface area contributed by atoms with E-state index in [-0.39, 0.29) is 17.4 Å². The van der Waals surface area contributed by atoms with Gasteiger partial charge in [-0.3, -0.25) is 4.57 Å². The van der Waals surface area contributed by atoms with E-state index in [2.05, 4.69) is 20.6 Å². The predicted molar refractivity (Wildman–Crippen MR) is 100 cm³/mol. The molecule has 4 atom stereocenters. The molecule has 0 amide bonds. The van der Waals surface area contributed by atoms with Crippen LogP contribution in [0, 0.1) is 0 Å². The number of aliphatic hydroxyl groups is 2. The van der Waals surface area contributed by atoms with Gasteiger partial charge in [0, 0.05) is 12.1 Å². The van der Waals surface area contributed by atoms with E-state index >= 15 is 0 Å². The molecule has 5 N–H and O–H groups in total. The number of halogens is 1. The first kappa shape index (κ1) is 20.9. The minimum absolute atomic E-state index is 0.206. The van der Waals surface area contributed by atoms with Crippen molar-refractivity contribution in [3.05, 3.63) is 11.2 Å². The number of hydrogen-bond acceptors (Lipinski definition) is 9. The monoisotopic (exact) mass is 449 g/mol. The van der Waals surface area contributed by atoms with Crippen LogP contribution in [-0.2, 0) is 14.0 Å². The van der Waals surface area contributed by atoms with Crippen molar-refractivity contribution in [3.8, 4) is 0 Å². The number of pyridine rings is 1. The van der Waals surface area contributed by atoms with Gasteiger partial charge in [-0.2, -0.15) is 4.68 Å². The molecule has 2 aromatic heterocycles. The second kappa shape index (κ2) is 8.05. The number of nitrogens with one attached hydrogen (secondary N) is 1. The van der Waals surface area contributed by atoms with Crippen LogP contribution < -0.4 is 5.32 Å². The van der Waals surface area contributed by atoms with Gasteiger partial charge in [0.1, 0.15) is 29.8 Å². The lowest BCUT2D eigenvalue weighted by molar-refractivity contribution is -0.0665. The molecule has 1 saturated carbocycles. The van der Waals surface area contributed by atoms with Crippen LogP contribution in [0.2, 0.25) is 5.15 Å². The number of ether oxygens (including phenoxy) is 2. The second-order valence-corrected chi connectivity index (χ2v) is 9.16. The number of anilines is 1. The molecule has 2 aromatic rings. The highest BCUT2D eigenvalue weighted by atomic mass is 35.5. The van der Waals surface area contributed by atoms with Crippen molar-refractivity contribution in [2.45, 2.75) is 49.8 Å². The molecule has 0 radical (unpaired) electrons. The Bertz CT molecular complexity index is 935. The van der Waals surface area contributed by atoms with Crippen LogP contribution in [0.1, 0.15) is 25.5 Å². The summed E-state index contributed by atoms with van der Waals surface area (Å²) < 4.78 is 22.6. The third-order valence-corrected chi connectivity index (χ3v) is 5.70. The van der Waals surface area contributed by atoms with Gasteiger partial charge < -0.3 is 34.8 Å². The summed E-state index contributed by atoms with van der Waals surface area (Å²) in [5.74, 6) is 0. The Morgan fingerprint density at radius 1 is 1.34 bits per heavy atom. The fraction of sp³-hybridized carbons (Fsp3) is 0.667. The molecular weight excluding hydrogens is 429 g/mol. The summed E-state index contributed by atoms with van der Waals surface area (Å²) in [6.07, 6.45) is -2.47. The van der Waals surface area contributed by atoms with Gasteiger partial charge in [-0.15, -0.1) is 5.10 Å². The summed E-state index contributed by atoms with van der Waals surface area (Å²) in [5, 5.41) is 32.3. The number of rotatable bonds is 7. The van der Waals surface area contributed by atoms with Crippen molar-refractivity contribution >= 4 is 36.0 Å². The molecule has 1 saturated heterocycles. The Balaban J connectivity index is 1.55. The lowest BCUT2D eigenvalue weighted by Gasteiger charge is -2.27. The number of fused-ring (bicyclic) bond motifs is 1. The molecule has 1 unspecified atom stereocenters. The fourth-order valence-electron chi connectivity index (χ4n) is 3.30. The van der Waals surface area contributed by atoms with Crippen LogP contribution >= 0.6 is 19.2 Å². The zero-order valence-electron chi connectivity index (χ0n) is 15.1. The lowest BCUT2D eigenvalue weighted by Crippen LogP contribution is -2.34. The smallest absolute Gasteiger partial charge is 0.350 e. The van der Waals surface area contributed by atoms with Crippen molar-refractivity contribution in [2.24, 2.45) is 0 Å². The van der Waals surface area contributed by atoms with Crippen molar-refractivity contribution in [3.63, 3.8) is 0 Å². The molecule has 0 spiro atoms. The average Bonchev–Trinajstić information content (AvgIpc) is 3.13. The Morgan fingerprint density at radius 2 is 2.10 bits per heavy atom. The fourth-order valence-corrected chi connectivity index (χ4v) is 3.83. The van der Waals surface area contributed by atoms with E-state index in [4.69, 9.17) is 30.9 Å². The summed E-state index contributed by atoms with van der Waals surface area (Å²) in [5.41, 5.74) is 1.39. The van der Waals surface area contributed by atoms with Gasteiger partial charge >= 0.3 is 7.60 Å². The number of hydrogen-bond donors (Lipinski definition) is 5. The average molecular weight is 450 g/mol. The molecule has 2 fully saturated rings. The highest BCUT2D eigenvalue weighted by Crippen LogP contribution is 2.36. The molecule has 0 bridgehead atoms. The van der Waals surface area contributed by atoms with Crippen molar-refractivity contribution < 1.29 is 34.0 Å². The maximum atomic E-state index is 10.9. The quantitative estimate of drug-likeness (QED) is 0.289. The van der Waals surface area contributed by atoms with Gasteiger partial charge in [-0.25, -0.2) is 4.98 Å². The lowest BCUT2D eigenvalue weighted by atomic mass is 9.93. The van der Waals surface area contributed by atoms with E-state index in [9.17, 15) is 14.8 Å². The Hall–Kier alpha value is -1.37. The summed E-state index contributed by atoms with van der Waals surface area (Å²) >= 11 is 6.14. The zero-order chi connectivity index (χ0) is 20.8. The van der Waals surface area contributed by atoms with Crippen LogP contribution in [-0.4, -0.2) is 77.3 Å². The second-order valence-electron chi connectivity index (χ2n) is 7.18. The minimum atomic E-state index is -4.36. The first-order chi connectivity index (χ1) is 13.7. The molecule has 3 heterocycles. The van der Waals surface area contributed by atoms with Gasteiger partial charge in [-0.1, -0.05) is 16.8 Å². The van der Waals surface area contributed by atoms with Gasteiger partial charge in [0.25, 0.3) is 0 Å². The third-order valence-electron chi connectivity index (χ3n) is 4.99. The first-order valence-corrected chi connectivity index (χ1v) is 11.2. The van der Waals surface area contributed by atoms with E-state index in [0.717, 1.165) is 19.3 Å². The van der Waals surface area contributed by atoms with Crippen LogP contribution in [0.4, 0.5) is 5.69 Å². The molecule has 160 valence electrons. The van der Waals surface area contributed by atoms with E-state index in [1.165, 1.54) is 4.68 Å². The van der Waals surface area contributed by atoms with Crippen LogP contribution in [0.15, 0.2) is 6.07 Å². The SMILES string of the molecule is O=P(O)(O)COCC1O[C@@H](n2nnc3c(NC4CCC4)cc(Cl)nc32)[C@H](O)[C@@H]1O. The van der Waals surface area contributed by atoms with E-state index in [0.29, 0.717) is 17.2 Å². The maximum Gasteiger partial charge on any atom is 0.350 e. The van der Waals surface area contributed by atoms with Crippen molar-refractivity contribution in [2.75, 3.05) is 18.3 Å². The molecule has 12 nitrogen and oxygen atoms in total. The topological polar surface area (TPSA) is 172 Å². The molecular formula is C15H21ClN5O7P. The van der Waals surface area contributed by atoms with Crippen molar-refractivity contribution in [1.29, 1.82) is 0 Å². The maximum absolute atomic E-state index is 10.9. The summed E-state index contributed by atoms with van der Waals surface area (Å²) in [6, 6.07) is 1.98. The summed E-state index contributed by atoms with van der Waals surface area (Å²) in [4.78, 5) is 21.9. The number of aromatic nitrogens is 4. The largest absolute Gasteiger partial charge is 0.387 e. The van der Waals surface area contributed by atoms with Crippen molar-refractivity contribution in [1.82, 2.24) is 20.0 Å². The molecule has 0 aromatic carbocycles. The van der Waals surface area contributed by atoms with Crippen LogP contribution in [0.25, 0.3) is 11.2 Å². The highest BCUT2D eigenvalue weighted by molar-refractivity contribution is 7.51. The molecule has 14 heteroatoms. The molecule has 4 rings (SSSR count). The number of nitrogens with zero attached hydrogens (tertiary/aromatic N) is 4. The first-order valence-electron chi connectivity index (χ1n) is 9.05. The number of aliphatic hydroxyl groups excluding tert-OH is 2. The summed E-state index contributed by atoms with van der Waals surface area (Å²) in [6.45, 7) is -0.324. The van der Waals surface area contributed by atoms with Gasteiger partial charge in [0.2, 0.25) is 0 Å². The Morgan fingerprint density at radius 3 is 2.76 bits per heavy atom. The van der Waals surface area contributed by atoms with E-state index in [1.807, 2.05) is 0 Å². The van der Waals surface area contributed by atoms with E-state index in [1.54, 1.807) is 6.07 Å². The molecule has 29 heavy (non-hydrogen) atoms. The van der Waals surface area contributed by atoms with Crippen LogP contribution in [0.5, 0.6) is 0 Å². The third kappa shape index (κ3) is 4.39. The van der Waals surface area contributed by atoms with Gasteiger partial charge in [0.15, 0.2) is 17.4 Å². The highest BCUT2D eigenvalue weighted by Gasteiger charge is 2.45.